The Morgan fingerprint density at radius 2 is 1.61 bits per heavy atom. The standard InChI is InChI=1S/C23H23N4S/c1-26(2)18-12-8-16(9-13-18)22(17-10-14-19(15-11-17)27(3)4)20-6-5-7-21-23(20)25-28-24-21/h5-15H,1-4H3/q+1. The Bertz CT molecular complexity index is 1120. The maximum Gasteiger partial charge on any atom is 0.199 e. The fraction of sp³-hybridized carbons (Fsp3) is 0.174. The van der Waals surface area contributed by atoms with E-state index in [2.05, 4.69) is 107 Å². The van der Waals surface area contributed by atoms with Gasteiger partial charge in [0.05, 0.1) is 11.7 Å². The molecule has 0 amide bonds. The molecule has 28 heavy (non-hydrogen) atoms. The van der Waals surface area contributed by atoms with Gasteiger partial charge >= 0.3 is 0 Å². The van der Waals surface area contributed by atoms with Gasteiger partial charge in [-0.3, -0.25) is 0 Å². The molecule has 0 fully saturated rings. The highest BCUT2D eigenvalue weighted by atomic mass is 32.1. The summed E-state index contributed by atoms with van der Waals surface area (Å²) in [7, 11) is 8.23. The molecular weight excluding hydrogens is 364 g/mol. The van der Waals surface area contributed by atoms with Crippen molar-refractivity contribution >= 4 is 39.7 Å². The van der Waals surface area contributed by atoms with Crippen LogP contribution in [0.2, 0.25) is 0 Å². The lowest BCUT2D eigenvalue weighted by atomic mass is 9.90. The van der Waals surface area contributed by atoms with E-state index >= 15 is 0 Å². The van der Waals surface area contributed by atoms with Gasteiger partial charge in [-0.2, -0.15) is 8.75 Å². The number of allylic oxidation sites excluding steroid dienone is 5. The van der Waals surface area contributed by atoms with Crippen molar-refractivity contribution in [3.8, 4) is 0 Å². The van der Waals surface area contributed by atoms with Crippen LogP contribution in [0.4, 0.5) is 5.69 Å². The number of aromatic nitrogens is 2. The lowest BCUT2D eigenvalue weighted by Gasteiger charge is -2.16. The van der Waals surface area contributed by atoms with Crippen molar-refractivity contribution in [2.24, 2.45) is 0 Å². The summed E-state index contributed by atoms with van der Waals surface area (Å²) in [5.74, 6) is 0. The SMILES string of the molecule is CN(C)c1ccc(C(=C2C=CC(=[N+](C)C)C=C2)c2cccc3nsnc23)cc1. The van der Waals surface area contributed by atoms with E-state index in [9.17, 15) is 0 Å². The first-order chi connectivity index (χ1) is 13.5. The minimum absolute atomic E-state index is 0.940. The zero-order valence-electron chi connectivity index (χ0n) is 16.5. The highest BCUT2D eigenvalue weighted by molar-refractivity contribution is 7.00. The second kappa shape index (κ2) is 7.52. The van der Waals surface area contributed by atoms with Gasteiger partial charge in [-0.05, 0) is 47.1 Å². The Balaban J connectivity index is 1.94. The van der Waals surface area contributed by atoms with Crippen molar-refractivity contribution < 1.29 is 4.58 Å². The number of benzene rings is 2. The van der Waals surface area contributed by atoms with Gasteiger partial charge in [-0.15, -0.1) is 0 Å². The number of anilines is 1. The molecule has 1 aliphatic carbocycles. The van der Waals surface area contributed by atoms with Crippen LogP contribution in [0.25, 0.3) is 16.6 Å². The van der Waals surface area contributed by atoms with Crippen molar-refractivity contribution in [1.82, 2.24) is 8.75 Å². The molecule has 0 spiro atoms. The van der Waals surface area contributed by atoms with Crippen LogP contribution in [-0.2, 0) is 0 Å². The van der Waals surface area contributed by atoms with Gasteiger partial charge < -0.3 is 4.90 Å². The van der Waals surface area contributed by atoms with Crippen LogP contribution in [0.3, 0.4) is 0 Å². The maximum absolute atomic E-state index is 4.58. The van der Waals surface area contributed by atoms with Gasteiger partial charge in [0.25, 0.3) is 0 Å². The molecule has 4 nitrogen and oxygen atoms in total. The smallest absolute Gasteiger partial charge is 0.199 e. The second-order valence-electron chi connectivity index (χ2n) is 7.20. The van der Waals surface area contributed by atoms with Crippen LogP contribution in [0.15, 0.2) is 72.3 Å². The third kappa shape index (κ3) is 3.41. The first kappa shape index (κ1) is 18.3. The predicted octanol–water partition coefficient (Wildman–Crippen LogP) is 4.40. The van der Waals surface area contributed by atoms with Crippen molar-refractivity contribution in [2.75, 3.05) is 33.1 Å². The molecule has 0 N–H and O–H groups in total. The monoisotopic (exact) mass is 387 g/mol. The van der Waals surface area contributed by atoms with E-state index in [4.69, 9.17) is 0 Å². The quantitative estimate of drug-likeness (QED) is 0.625. The molecule has 140 valence electrons. The summed E-state index contributed by atoms with van der Waals surface area (Å²) in [5.41, 5.74) is 8.88. The summed E-state index contributed by atoms with van der Waals surface area (Å²) in [6.07, 6.45) is 8.68. The first-order valence-corrected chi connectivity index (χ1v) is 9.92. The Morgan fingerprint density at radius 1 is 0.893 bits per heavy atom. The van der Waals surface area contributed by atoms with Crippen molar-refractivity contribution in [3.05, 3.63) is 83.5 Å². The molecule has 0 bridgehead atoms. The minimum Gasteiger partial charge on any atom is -0.378 e. The van der Waals surface area contributed by atoms with Gasteiger partial charge in [0.1, 0.15) is 25.1 Å². The number of nitrogens with zero attached hydrogens (tertiary/aromatic N) is 4. The Kier molecular flexibility index (Phi) is 4.92. The summed E-state index contributed by atoms with van der Waals surface area (Å²) >= 11 is 1.26. The topological polar surface area (TPSA) is 32.0 Å². The van der Waals surface area contributed by atoms with Crippen LogP contribution in [0, 0.1) is 0 Å². The van der Waals surface area contributed by atoms with Crippen LogP contribution in [-0.4, -0.2) is 47.2 Å². The van der Waals surface area contributed by atoms with E-state index < -0.39 is 0 Å². The molecule has 3 aromatic rings. The molecule has 0 atom stereocenters. The van der Waals surface area contributed by atoms with Crippen molar-refractivity contribution in [2.45, 2.75) is 0 Å². The van der Waals surface area contributed by atoms with E-state index in [0.29, 0.717) is 0 Å². The van der Waals surface area contributed by atoms with Gasteiger partial charge in [-0.1, -0.05) is 24.3 Å². The summed E-state index contributed by atoms with van der Waals surface area (Å²) < 4.78 is 11.1. The number of hydrogen-bond donors (Lipinski definition) is 0. The second-order valence-corrected chi connectivity index (χ2v) is 7.72. The predicted molar refractivity (Wildman–Crippen MR) is 120 cm³/mol. The molecule has 4 rings (SSSR count). The highest BCUT2D eigenvalue weighted by Crippen LogP contribution is 2.34. The van der Waals surface area contributed by atoms with E-state index in [1.807, 2.05) is 6.07 Å². The van der Waals surface area contributed by atoms with E-state index in [-0.39, 0.29) is 0 Å². The lowest BCUT2D eigenvalue weighted by Crippen LogP contribution is -2.10. The van der Waals surface area contributed by atoms with Gasteiger partial charge in [-0.25, -0.2) is 4.58 Å². The van der Waals surface area contributed by atoms with Crippen molar-refractivity contribution in [1.29, 1.82) is 0 Å². The minimum atomic E-state index is 0.940. The number of hydrogen-bond acceptors (Lipinski definition) is 4. The van der Waals surface area contributed by atoms with Crippen LogP contribution in [0.1, 0.15) is 11.1 Å². The molecule has 0 saturated carbocycles. The average molecular weight is 388 g/mol. The lowest BCUT2D eigenvalue weighted by molar-refractivity contribution is -0.462. The molecule has 0 aliphatic heterocycles. The molecule has 0 saturated heterocycles. The first-order valence-electron chi connectivity index (χ1n) is 9.19. The number of rotatable bonds is 3. The largest absolute Gasteiger partial charge is 0.378 e. The molecule has 0 radical (unpaired) electrons. The highest BCUT2D eigenvalue weighted by Gasteiger charge is 2.17. The number of fused-ring (bicyclic) bond motifs is 1. The zero-order chi connectivity index (χ0) is 19.7. The maximum atomic E-state index is 4.58. The summed E-state index contributed by atoms with van der Waals surface area (Å²) in [6.45, 7) is 0. The van der Waals surface area contributed by atoms with Gasteiger partial charge in [0, 0.05) is 37.5 Å². The molecule has 1 aliphatic rings. The van der Waals surface area contributed by atoms with E-state index in [0.717, 1.165) is 16.6 Å². The van der Waals surface area contributed by atoms with Crippen molar-refractivity contribution in [3.63, 3.8) is 0 Å². The Labute approximate surface area is 169 Å². The molecule has 1 heterocycles. The Morgan fingerprint density at radius 3 is 2.25 bits per heavy atom. The molecular formula is C23H23N4S+. The normalized spacial score (nSPS) is 13.3. The molecule has 5 heteroatoms. The van der Waals surface area contributed by atoms with Crippen LogP contribution in [0.5, 0.6) is 0 Å². The third-order valence-electron chi connectivity index (χ3n) is 4.90. The van der Waals surface area contributed by atoms with E-state index in [1.54, 1.807) is 0 Å². The fourth-order valence-corrected chi connectivity index (χ4v) is 3.89. The third-order valence-corrected chi connectivity index (χ3v) is 5.44. The van der Waals surface area contributed by atoms with Gasteiger partial charge in [0.2, 0.25) is 0 Å². The van der Waals surface area contributed by atoms with Crippen LogP contribution < -0.4 is 4.90 Å². The molecule has 1 aromatic heterocycles. The summed E-state index contributed by atoms with van der Waals surface area (Å²) in [6, 6.07) is 14.9. The molecule has 0 unspecified atom stereocenters. The Hall–Kier alpha value is -3.05. The molecule has 2 aromatic carbocycles. The summed E-state index contributed by atoms with van der Waals surface area (Å²) in [4.78, 5) is 2.11. The van der Waals surface area contributed by atoms with Gasteiger partial charge in [0.15, 0.2) is 5.71 Å². The summed E-state index contributed by atoms with van der Waals surface area (Å²) in [5, 5.41) is 0. The fourth-order valence-electron chi connectivity index (χ4n) is 3.34. The average Bonchev–Trinajstić information content (AvgIpc) is 3.19. The van der Waals surface area contributed by atoms with E-state index in [1.165, 1.54) is 39.8 Å². The van der Waals surface area contributed by atoms with Crippen LogP contribution >= 0.6 is 11.7 Å². The zero-order valence-corrected chi connectivity index (χ0v) is 17.4.